The highest BCUT2D eigenvalue weighted by molar-refractivity contribution is 7.36. The molecule has 2 nitrogen and oxygen atoms in total. The van der Waals surface area contributed by atoms with Gasteiger partial charge in [-0.1, -0.05) is 78.1 Å². The van der Waals surface area contributed by atoms with Crippen LogP contribution < -0.4 is 11.1 Å². The predicted octanol–water partition coefficient (Wildman–Crippen LogP) is 15.1. The van der Waals surface area contributed by atoms with Crippen molar-refractivity contribution in [2.45, 2.75) is 96.9 Å². The summed E-state index contributed by atoms with van der Waals surface area (Å²) in [6, 6.07) is 19.1. The van der Waals surface area contributed by atoms with Gasteiger partial charge in [0.2, 0.25) is 0 Å². The second kappa shape index (κ2) is 15.2. The van der Waals surface area contributed by atoms with Crippen LogP contribution in [-0.2, 0) is 0 Å². The van der Waals surface area contributed by atoms with Crippen LogP contribution in [0.3, 0.4) is 0 Å². The molecule has 6 heterocycles. The van der Waals surface area contributed by atoms with Crippen LogP contribution in [-0.4, -0.2) is 6.54 Å². The van der Waals surface area contributed by atoms with E-state index in [9.17, 15) is 0 Å². The van der Waals surface area contributed by atoms with Crippen molar-refractivity contribution in [3.8, 4) is 19.5 Å². The lowest BCUT2D eigenvalue weighted by atomic mass is 10.1. The van der Waals surface area contributed by atoms with Crippen molar-refractivity contribution in [1.29, 1.82) is 0 Å². The number of nitrogens with one attached hydrogen (secondary N) is 1. The largest absolute Gasteiger partial charge is 0.377 e. The van der Waals surface area contributed by atoms with E-state index in [2.05, 4.69) is 67.7 Å². The molecule has 0 radical (unpaired) electrons. The van der Waals surface area contributed by atoms with E-state index in [0.717, 1.165) is 13.0 Å². The fraction of sp³-hybridized carbons (Fsp3) is 0.421. The zero-order valence-corrected chi connectivity index (χ0v) is 31.8. The van der Waals surface area contributed by atoms with Gasteiger partial charge in [0.05, 0.1) is 14.4 Å². The van der Waals surface area contributed by atoms with E-state index in [-0.39, 0.29) is 6.04 Å². The van der Waals surface area contributed by atoms with Gasteiger partial charge in [0.25, 0.3) is 0 Å². The van der Waals surface area contributed by atoms with Gasteiger partial charge in [-0.3, -0.25) is 0 Å². The number of thiophene rings is 6. The summed E-state index contributed by atoms with van der Waals surface area (Å²) in [5.74, 6) is 0. The van der Waals surface area contributed by atoms with Crippen LogP contribution >= 0.6 is 68.0 Å². The van der Waals surface area contributed by atoms with E-state index >= 15 is 0 Å². The maximum atomic E-state index is 6.62. The molecule has 1 atom stereocenters. The zero-order valence-electron chi connectivity index (χ0n) is 26.9. The van der Waals surface area contributed by atoms with E-state index in [1.165, 1.54) is 139 Å². The Hall–Kier alpha value is -1.78. The normalized spacial score (nSPS) is 12.8. The molecule has 1 unspecified atom stereocenters. The number of fused-ring (bicyclic) bond motifs is 6. The van der Waals surface area contributed by atoms with Gasteiger partial charge in [-0.05, 0) is 61.4 Å². The summed E-state index contributed by atoms with van der Waals surface area (Å²) in [5.41, 5.74) is 6.62. The van der Waals surface area contributed by atoms with Crippen molar-refractivity contribution < 1.29 is 0 Å². The average Bonchev–Trinajstić information content (AvgIpc) is 3.89. The van der Waals surface area contributed by atoms with Crippen LogP contribution in [0.2, 0.25) is 0 Å². The van der Waals surface area contributed by atoms with Gasteiger partial charge in [-0.2, -0.15) is 0 Å². The predicted molar refractivity (Wildman–Crippen MR) is 217 cm³/mol. The molecule has 6 aromatic heterocycles. The summed E-state index contributed by atoms with van der Waals surface area (Å²) in [7, 11) is 0. The molecule has 0 spiro atoms. The summed E-state index contributed by atoms with van der Waals surface area (Å²) in [5, 5.41) is 7.80. The van der Waals surface area contributed by atoms with Crippen LogP contribution in [0.15, 0.2) is 48.5 Å². The topological polar surface area (TPSA) is 38.0 Å². The Balaban J connectivity index is 1.07. The van der Waals surface area contributed by atoms with Crippen LogP contribution in [0.4, 0.5) is 5.00 Å². The number of benzene rings is 1. The van der Waals surface area contributed by atoms with E-state index in [4.69, 9.17) is 5.73 Å². The molecule has 0 saturated heterocycles. The lowest BCUT2D eigenvalue weighted by Crippen LogP contribution is -2.08. The minimum Gasteiger partial charge on any atom is -0.377 e. The van der Waals surface area contributed by atoms with Gasteiger partial charge in [-0.25, -0.2) is 0 Å². The Morgan fingerprint density at radius 3 is 1.80 bits per heavy atom. The highest BCUT2D eigenvalue weighted by Crippen LogP contribution is 2.50. The monoisotopic (exact) mass is 720 g/mol. The lowest BCUT2D eigenvalue weighted by molar-refractivity contribution is 0.559. The van der Waals surface area contributed by atoms with E-state index < -0.39 is 0 Å². The van der Waals surface area contributed by atoms with Crippen molar-refractivity contribution in [1.82, 2.24) is 0 Å². The molecule has 0 amide bonds. The first-order valence-electron chi connectivity index (χ1n) is 17.1. The molecule has 0 aliphatic carbocycles. The maximum Gasteiger partial charge on any atom is 0.0889 e. The first kappa shape index (κ1) is 32.8. The summed E-state index contributed by atoms with van der Waals surface area (Å²) < 4.78 is 8.51. The fourth-order valence-electron chi connectivity index (χ4n) is 6.32. The van der Waals surface area contributed by atoms with Gasteiger partial charge in [0, 0.05) is 66.5 Å². The number of hydrogen-bond acceptors (Lipinski definition) is 8. The molecule has 1 aromatic carbocycles. The number of anilines is 1. The standard InChI is InChI=1S/C38H44N2S6/c1-3-5-7-9-11-13-19-40-36-18-17-29(44-36)33-23-35-38(46-33)25-20-24-30(21-31(25)43-35)42-34-22-32(45-37(24)34)28-16-15-27(41-28)26(39)14-12-10-8-6-4-2/h15-18,20-23,26,40H,3-14,19,39H2,1-2H3. The second-order valence-electron chi connectivity index (χ2n) is 12.5. The number of hydrogen-bond donors (Lipinski definition) is 2. The highest BCUT2D eigenvalue weighted by atomic mass is 32.1. The SMILES string of the molecule is CCCCCCCCNc1ccc(-c2cc3sc4cc5sc6cc(-c7ccc(C(N)CCCCCCC)s7)sc6c5cc4c3s2)s1. The summed E-state index contributed by atoms with van der Waals surface area (Å²) in [6.07, 6.45) is 15.6. The molecule has 0 fully saturated rings. The molecule has 0 aliphatic rings. The third-order valence-corrected chi connectivity index (χ3v) is 16.4. The summed E-state index contributed by atoms with van der Waals surface area (Å²) in [6.45, 7) is 5.63. The Bertz CT molecular complexity index is 2030. The van der Waals surface area contributed by atoms with E-state index in [0.29, 0.717) is 0 Å². The fourth-order valence-corrected chi connectivity index (χ4v) is 13.6. The third kappa shape index (κ3) is 7.14. The number of nitrogens with two attached hydrogens (primary N) is 1. The first-order chi connectivity index (χ1) is 22.6. The van der Waals surface area contributed by atoms with Crippen LogP contribution in [0.1, 0.15) is 102 Å². The van der Waals surface area contributed by atoms with Crippen molar-refractivity contribution >= 4 is 112 Å². The highest BCUT2D eigenvalue weighted by Gasteiger charge is 2.18. The second-order valence-corrected chi connectivity index (χ2v) is 19.0. The number of rotatable bonds is 17. The lowest BCUT2D eigenvalue weighted by Gasteiger charge is -2.08. The molecular weight excluding hydrogens is 677 g/mol. The third-order valence-electron chi connectivity index (χ3n) is 8.94. The van der Waals surface area contributed by atoms with Crippen LogP contribution in [0.5, 0.6) is 0 Å². The van der Waals surface area contributed by atoms with Crippen LogP contribution in [0, 0.1) is 0 Å². The number of unbranched alkanes of at least 4 members (excludes halogenated alkanes) is 9. The molecule has 46 heavy (non-hydrogen) atoms. The minimum absolute atomic E-state index is 0.161. The van der Waals surface area contributed by atoms with Gasteiger partial charge in [0.1, 0.15) is 0 Å². The summed E-state index contributed by atoms with van der Waals surface area (Å²) in [4.78, 5) is 6.83. The van der Waals surface area contributed by atoms with Gasteiger partial charge in [-0.15, -0.1) is 68.0 Å². The van der Waals surface area contributed by atoms with Gasteiger partial charge in [0.15, 0.2) is 0 Å². The Kier molecular flexibility index (Phi) is 10.8. The Labute approximate surface area is 297 Å². The van der Waals surface area contributed by atoms with Gasteiger partial charge >= 0.3 is 0 Å². The molecule has 7 rings (SSSR count). The van der Waals surface area contributed by atoms with Crippen molar-refractivity contribution in [3.05, 3.63) is 53.4 Å². The molecule has 0 aliphatic heterocycles. The summed E-state index contributed by atoms with van der Waals surface area (Å²) >= 11 is 11.6. The molecule has 8 heteroatoms. The average molecular weight is 721 g/mol. The molecule has 242 valence electrons. The van der Waals surface area contributed by atoms with Crippen LogP contribution in [0.25, 0.3) is 58.5 Å². The first-order valence-corrected chi connectivity index (χ1v) is 22.0. The Morgan fingerprint density at radius 1 is 0.543 bits per heavy atom. The molecular formula is C38H44N2S6. The molecule has 7 aromatic rings. The molecule has 0 bridgehead atoms. The quantitative estimate of drug-likeness (QED) is 0.0919. The maximum absolute atomic E-state index is 6.62. The van der Waals surface area contributed by atoms with E-state index in [1.807, 2.05) is 68.0 Å². The van der Waals surface area contributed by atoms with E-state index in [1.54, 1.807) is 0 Å². The molecule has 0 saturated carbocycles. The minimum atomic E-state index is 0.161. The van der Waals surface area contributed by atoms with Gasteiger partial charge < -0.3 is 11.1 Å². The molecule has 3 N–H and O–H groups in total. The van der Waals surface area contributed by atoms with Crippen molar-refractivity contribution in [3.63, 3.8) is 0 Å². The zero-order chi connectivity index (χ0) is 31.5. The van der Waals surface area contributed by atoms with Crippen molar-refractivity contribution in [2.24, 2.45) is 5.73 Å². The van der Waals surface area contributed by atoms with Crippen molar-refractivity contribution in [2.75, 3.05) is 11.9 Å². The smallest absolute Gasteiger partial charge is 0.0889 e. The Morgan fingerprint density at radius 2 is 1.13 bits per heavy atom.